The van der Waals surface area contributed by atoms with Gasteiger partial charge in [-0.1, -0.05) is 39.0 Å². The van der Waals surface area contributed by atoms with Crippen LogP contribution in [0.1, 0.15) is 63.5 Å². The van der Waals surface area contributed by atoms with Gasteiger partial charge in [-0.3, -0.25) is 4.79 Å². The first-order valence-electron chi connectivity index (χ1n) is 12.7. The van der Waals surface area contributed by atoms with E-state index in [-0.39, 0.29) is 22.7 Å². The number of amides is 1. The van der Waals surface area contributed by atoms with E-state index in [1.54, 1.807) is 14.2 Å². The Bertz CT molecular complexity index is 1240. The van der Waals surface area contributed by atoms with E-state index in [4.69, 9.17) is 9.47 Å². The minimum atomic E-state index is -0.0983. The number of para-hydroxylation sites is 1. The Morgan fingerprint density at radius 1 is 1.06 bits per heavy atom. The molecule has 2 heterocycles. The molecule has 2 aromatic carbocycles. The molecule has 3 aromatic rings. The van der Waals surface area contributed by atoms with Crippen molar-refractivity contribution in [1.29, 1.82) is 0 Å². The zero-order valence-corrected chi connectivity index (χ0v) is 21.9. The van der Waals surface area contributed by atoms with Gasteiger partial charge in [-0.25, -0.2) is 0 Å². The monoisotopic (exact) mass is 474 g/mol. The number of hydrogen-bond donors (Lipinski definition) is 0. The Morgan fingerprint density at radius 3 is 2.43 bits per heavy atom. The Kier molecular flexibility index (Phi) is 5.85. The molecule has 2 bridgehead atoms. The van der Waals surface area contributed by atoms with Gasteiger partial charge in [-0.05, 0) is 59.4 Å². The minimum absolute atomic E-state index is 0.0983. The molecule has 35 heavy (non-hydrogen) atoms. The lowest BCUT2D eigenvalue weighted by Gasteiger charge is -2.39. The smallest absolute Gasteiger partial charge is 0.223 e. The van der Waals surface area contributed by atoms with Gasteiger partial charge in [0, 0.05) is 55.1 Å². The van der Waals surface area contributed by atoms with E-state index in [0.717, 1.165) is 36.4 Å². The van der Waals surface area contributed by atoms with Crippen LogP contribution in [-0.4, -0.2) is 42.2 Å². The molecule has 3 unspecified atom stereocenters. The molecule has 186 valence electrons. The molecule has 0 N–H and O–H groups in total. The molecule has 2 aliphatic rings. The van der Waals surface area contributed by atoms with E-state index >= 15 is 0 Å². The number of nitrogens with zero attached hydrogens (tertiary/aromatic N) is 2. The molecule has 1 amide bonds. The largest absolute Gasteiger partial charge is 0.497 e. The molecular weight excluding hydrogens is 436 g/mol. The molecule has 1 aliphatic carbocycles. The van der Waals surface area contributed by atoms with E-state index in [1.165, 1.54) is 22.9 Å². The van der Waals surface area contributed by atoms with Gasteiger partial charge >= 0.3 is 0 Å². The van der Waals surface area contributed by atoms with Crippen molar-refractivity contribution in [3.63, 3.8) is 0 Å². The van der Waals surface area contributed by atoms with Crippen molar-refractivity contribution in [2.24, 2.45) is 17.9 Å². The fourth-order valence-corrected chi connectivity index (χ4v) is 7.13. The normalized spacial score (nSPS) is 23.9. The summed E-state index contributed by atoms with van der Waals surface area (Å²) in [5.74, 6) is 1.63. The molecule has 1 saturated heterocycles. The average Bonchev–Trinajstić information content (AvgIpc) is 3.28. The number of methoxy groups -OCH3 is 2. The SMILES string of the molecule is COc1cc(OC)cc(C(CC(=O)N2CC3(C)CC2CC(C)(C)C3)c2cn(C)c3ccccc23)c1. The molecule has 1 aromatic heterocycles. The number of likely N-dealkylation sites (tertiary alicyclic amines) is 1. The summed E-state index contributed by atoms with van der Waals surface area (Å²) < 4.78 is 13.3. The van der Waals surface area contributed by atoms with Crippen molar-refractivity contribution in [1.82, 2.24) is 9.47 Å². The highest BCUT2D eigenvalue weighted by Gasteiger charge is 2.51. The topological polar surface area (TPSA) is 43.7 Å². The quantitative estimate of drug-likeness (QED) is 0.431. The van der Waals surface area contributed by atoms with Crippen molar-refractivity contribution in [2.75, 3.05) is 20.8 Å². The van der Waals surface area contributed by atoms with Gasteiger partial charge in [0.15, 0.2) is 0 Å². The molecule has 0 spiro atoms. The van der Waals surface area contributed by atoms with Crippen LogP contribution in [0, 0.1) is 10.8 Å². The molecule has 1 saturated carbocycles. The Morgan fingerprint density at radius 2 is 1.74 bits per heavy atom. The standard InChI is InChI=1S/C30H38N2O3/c1-29(2)15-21-16-30(3,18-29)19-32(21)28(33)14-25(20-11-22(34-5)13-23(12-20)35-6)26-17-31(4)27-10-8-7-9-24(26)27/h7-13,17,21,25H,14-16,18-19H2,1-6H3. The first kappa shape index (κ1) is 23.8. The number of rotatable bonds is 6. The zero-order chi connectivity index (χ0) is 25.0. The van der Waals surface area contributed by atoms with Crippen LogP contribution >= 0.6 is 0 Å². The van der Waals surface area contributed by atoms with Crippen molar-refractivity contribution >= 4 is 16.8 Å². The summed E-state index contributed by atoms with van der Waals surface area (Å²) in [4.78, 5) is 16.2. The fourth-order valence-electron chi connectivity index (χ4n) is 7.13. The Hall–Kier alpha value is -2.95. The Labute approximate surface area is 209 Å². The van der Waals surface area contributed by atoms with E-state index in [0.29, 0.717) is 12.5 Å². The van der Waals surface area contributed by atoms with Crippen LogP contribution in [0.4, 0.5) is 0 Å². The van der Waals surface area contributed by atoms with Gasteiger partial charge in [0.25, 0.3) is 0 Å². The first-order valence-corrected chi connectivity index (χ1v) is 12.7. The number of hydrogen-bond acceptors (Lipinski definition) is 3. The summed E-state index contributed by atoms with van der Waals surface area (Å²) >= 11 is 0. The van der Waals surface area contributed by atoms with E-state index in [9.17, 15) is 4.79 Å². The van der Waals surface area contributed by atoms with Gasteiger partial charge < -0.3 is 18.9 Å². The summed E-state index contributed by atoms with van der Waals surface area (Å²) in [5, 5.41) is 1.18. The van der Waals surface area contributed by atoms with Crippen molar-refractivity contribution in [3.05, 3.63) is 59.8 Å². The molecule has 5 heteroatoms. The lowest BCUT2D eigenvalue weighted by molar-refractivity contribution is -0.132. The van der Waals surface area contributed by atoms with E-state index < -0.39 is 0 Å². The number of carbonyl (C=O) groups excluding carboxylic acids is 1. The lowest BCUT2D eigenvalue weighted by atomic mass is 9.65. The average molecular weight is 475 g/mol. The second kappa shape index (κ2) is 8.61. The number of ether oxygens (including phenoxy) is 2. The molecule has 0 radical (unpaired) electrons. The molecular formula is C30H38N2O3. The number of benzene rings is 2. The number of aryl methyl sites for hydroxylation is 1. The maximum atomic E-state index is 14.0. The summed E-state index contributed by atoms with van der Waals surface area (Å²) in [7, 11) is 5.41. The van der Waals surface area contributed by atoms with Gasteiger partial charge in [-0.15, -0.1) is 0 Å². The second-order valence-corrected chi connectivity index (χ2v) is 11.9. The molecule has 5 rings (SSSR count). The van der Waals surface area contributed by atoms with Crippen LogP contribution in [0.15, 0.2) is 48.7 Å². The second-order valence-electron chi connectivity index (χ2n) is 11.9. The molecule has 2 fully saturated rings. The van der Waals surface area contributed by atoms with Crippen molar-refractivity contribution in [2.45, 2.75) is 58.4 Å². The van der Waals surface area contributed by atoms with Crippen LogP contribution in [0.3, 0.4) is 0 Å². The van der Waals surface area contributed by atoms with Crippen LogP contribution in [0.5, 0.6) is 11.5 Å². The maximum Gasteiger partial charge on any atom is 0.223 e. The van der Waals surface area contributed by atoms with Crippen molar-refractivity contribution < 1.29 is 14.3 Å². The fraction of sp³-hybridized carbons (Fsp3) is 0.500. The van der Waals surface area contributed by atoms with Crippen molar-refractivity contribution in [3.8, 4) is 11.5 Å². The predicted molar refractivity (Wildman–Crippen MR) is 140 cm³/mol. The predicted octanol–water partition coefficient (Wildman–Crippen LogP) is 6.14. The van der Waals surface area contributed by atoms with Gasteiger partial charge in [0.2, 0.25) is 5.91 Å². The Balaban J connectivity index is 1.56. The molecule has 1 aliphatic heterocycles. The van der Waals surface area contributed by atoms with Crippen LogP contribution in [-0.2, 0) is 11.8 Å². The number of fused-ring (bicyclic) bond motifs is 3. The summed E-state index contributed by atoms with van der Waals surface area (Å²) in [6.07, 6.45) is 5.99. The van der Waals surface area contributed by atoms with E-state index in [2.05, 4.69) is 79.9 Å². The number of aromatic nitrogens is 1. The third kappa shape index (κ3) is 4.41. The molecule has 5 nitrogen and oxygen atoms in total. The molecule has 3 atom stereocenters. The summed E-state index contributed by atoms with van der Waals surface area (Å²) in [6, 6.07) is 14.8. The third-order valence-electron chi connectivity index (χ3n) is 8.19. The number of carbonyl (C=O) groups is 1. The first-order chi connectivity index (χ1) is 16.6. The highest BCUT2D eigenvalue weighted by atomic mass is 16.5. The lowest BCUT2D eigenvalue weighted by Crippen LogP contribution is -2.38. The summed E-state index contributed by atoms with van der Waals surface area (Å²) in [6.45, 7) is 7.94. The highest BCUT2D eigenvalue weighted by Crippen LogP contribution is 2.53. The van der Waals surface area contributed by atoms with Crippen LogP contribution in [0.2, 0.25) is 0 Å². The maximum absolute atomic E-state index is 14.0. The highest BCUT2D eigenvalue weighted by molar-refractivity contribution is 5.87. The third-order valence-corrected chi connectivity index (χ3v) is 8.19. The summed E-state index contributed by atoms with van der Waals surface area (Å²) in [5.41, 5.74) is 3.87. The van der Waals surface area contributed by atoms with E-state index in [1.807, 2.05) is 6.07 Å². The van der Waals surface area contributed by atoms with Crippen LogP contribution < -0.4 is 9.47 Å². The van der Waals surface area contributed by atoms with Gasteiger partial charge in [0.05, 0.1) is 14.2 Å². The van der Waals surface area contributed by atoms with Crippen LogP contribution in [0.25, 0.3) is 10.9 Å². The van der Waals surface area contributed by atoms with Gasteiger partial charge in [-0.2, -0.15) is 0 Å². The minimum Gasteiger partial charge on any atom is -0.497 e. The zero-order valence-electron chi connectivity index (χ0n) is 21.9. The van der Waals surface area contributed by atoms with Gasteiger partial charge in [0.1, 0.15) is 11.5 Å².